The van der Waals surface area contributed by atoms with E-state index in [0.717, 1.165) is 56.7 Å². The molecule has 8 heteroatoms. The van der Waals surface area contributed by atoms with Gasteiger partial charge in [0.25, 0.3) is 0 Å². The smallest absolute Gasteiger partial charge is 0.247 e. The van der Waals surface area contributed by atoms with E-state index in [2.05, 4.69) is 38.9 Å². The number of fused-ring (bicyclic) bond motifs is 2. The standard InChI is InChI=1S/C20H24N6O2/c27-23-18-16-8-4-5-9-17(16)25(14-15-6-2-1-3-7-15)20-21-19(22-26(18)20)24-10-12-28-13-11-24/h1-3,6-7,27H,4-5,8-14H2/b23-18+. The predicted molar refractivity (Wildman–Crippen MR) is 104 cm³/mol. The molecule has 2 aromatic heterocycles. The van der Waals surface area contributed by atoms with E-state index in [9.17, 15) is 5.21 Å². The molecule has 0 unspecified atom stereocenters. The molecule has 1 aromatic carbocycles. The molecule has 3 aromatic rings. The summed E-state index contributed by atoms with van der Waals surface area (Å²) in [6.45, 7) is 3.60. The van der Waals surface area contributed by atoms with Gasteiger partial charge >= 0.3 is 0 Å². The zero-order valence-corrected chi connectivity index (χ0v) is 15.8. The Morgan fingerprint density at radius 3 is 2.64 bits per heavy atom. The van der Waals surface area contributed by atoms with E-state index in [1.54, 1.807) is 4.52 Å². The van der Waals surface area contributed by atoms with E-state index in [0.29, 0.717) is 24.6 Å². The quantitative estimate of drug-likeness (QED) is 0.551. The van der Waals surface area contributed by atoms with Gasteiger partial charge in [0.2, 0.25) is 17.2 Å². The Morgan fingerprint density at radius 1 is 1.07 bits per heavy atom. The highest BCUT2D eigenvalue weighted by atomic mass is 16.5. The number of morpholine rings is 1. The normalized spacial score (nSPS) is 17.9. The molecule has 0 spiro atoms. The lowest BCUT2D eigenvalue weighted by molar-refractivity contribution is 0.122. The summed E-state index contributed by atoms with van der Waals surface area (Å²) in [5.74, 6) is 1.39. The summed E-state index contributed by atoms with van der Waals surface area (Å²) in [4.78, 5) is 6.99. The van der Waals surface area contributed by atoms with E-state index < -0.39 is 0 Å². The molecule has 0 radical (unpaired) electrons. The van der Waals surface area contributed by atoms with Crippen LogP contribution >= 0.6 is 0 Å². The lowest BCUT2D eigenvalue weighted by Gasteiger charge is -2.25. The van der Waals surface area contributed by atoms with Crippen LogP contribution in [0.2, 0.25) is 0 Å². The number of benzene rings is 1. The molecule has 8 nitrogen and oxygen atoms in total. The third-order valence-corrected chi connectivity index (χ3v) is 5.63. The van der Waals surface area contributed by atoms with Gasteiger partial charge < -0.3 is 19.4 Å². The van der Waals surface area contributed by atoms with Crippen LogP contribution in [0.4, 0.5) is 5.95 Å². The van der Waals surface area contributed by atoms with Crippen LogP contribution in [0.15, 0.2) is 35.5 Å². The Bertz CT molecular complexity index is 1050. The van der Waals surface area contributed by atoms with Gasteiger partial charge in [-0.2, -0.15) is 9.50 Å². The molecule has 1 saturated heterocycles. The third-order valence-electron chi connectivity index (χ3n) is 5.63. The highest BCUT2D eigenvalue weighted by Crippen LogP contribution is 2.22. The Balaban J connectivity index is 1.72. The van der Waals surface area contributed by atoms with E-state index in [1.807, 2.05) is 6.07 Å². The molecule has 146 valence electrons. The van der Waals surface area contributed by atoms with Gasteiger partial charge in [-0.3, -0.25) is 0 Å². The van der Waals surface area contributed by atoms with Gasteiger partial charge in [0.1, 0.15) is 0 Å². The molecule has 1 N–H and O–H groups in total. The minimum atomic E-state index is 0.515. The Kier molecular flexibility index (Phi) is 4.48. The Morgan fingerprint density at radius 2 is 1.86 bits per heavy atom. The first-order valence-electron chi connectivity index (χ1n) is 9.91. The van der Waals surface area contributed by atoms with E-state index in [-0.39, 0.29) is 0 Å². The highest BCUT2D eigenvalue weighted by Gasteiger charge is 2.24. The van der Waals surface area contributed by atoms with E-state index in [1.165, 1.54) is 11.3 Å². The van der Waals surface area contributed by atoms with Crippen LogP contribution < -0.4 is 10.4 Å². The third kappa shape index (κ3) is 2.93. The summed E-state index contributed by atoms with van der Waals surface area (Å²) >= 11 is 0. The van der Waals surface area contributed by atoms with Gasteiger partial charge in [-0.15, -0.1) is 5.10 Å². The number of hydrogen-bond acceptors (Lipinski definition) is 6. The van der Waals surface area contributed by atoms with Crippen molar-refractivity contribution in [2.75, 3.05) is 31.2 Å². The summed E-state index contributed by atoms with van der Waals surface area (Å²) in [6, 6.07) is 10.4. The average Bonchev–Trinajstić information content (AvgIpc) is 3.20. The fourth-order valence-corrected chi connectivity index (χ4v) is 4.22. The molecule has 1 fully saturated rings. The second-order valence-electron chi connectivity index (χ2n) is 7.35. The molecule has 0 bridgehead atoms. The lowest BCUT2D eigenvalue weighted by atomic mass is 9.96. The lowest BCUT2D eigenvalue weighted by Crippen LogP contribution is -2.37. The Labute approximate surface area is 162 Å². The summed E-state index contributed by atoms with van der Waals surface area (Å²) in [7, 11) is 0. The largest absolute Gasteiger partial charge is 0.409 e. The first kappa shape index (κ1) is 17.2. The maximum atomic E-state index is 9.79. The first-order valence-corrected chi connectivity index (χ1v) is 9.91. The van der Waals surface area contributed by atoms with Crippen LogP contribution in [0.1, 0.15) is 29.7 Å². The van der Waals surface area contributed by atoms with Crippen molar-refractivity contribution in [2.24, 2.45) is 5.16 Å². The SMILES string of the molecule is O/N=c1\c2c(n(Cc3ccccc3)c3nc(N4CCOCC4)nn13)CCCC2. The summed E-state index contributed by atoms with van der Waals surface area (Å²) < 4.78 is 9.41. The molecule has 2 aliphatic rings. The molecule has 28 heavy (non-hydrogen) atoms. The topological polar surface area (TPSA) is 80.2 Å². The zero-order chi connectivity index (χ0) is 18.9. The zero-order valence-electron chi connectivity index (χ0n) is 15.8. The maximum Gasteiger partial charge on any atom is 0.247 e. The maximum absolute atomic E-state index is 9.79. The molecule has 1 aliphatic carbocycles. The van der Waals surface area contributed by atoms with Gasteiger partial charge in [0.05, 0.1) is 19.8 Å². The van der Waals surface area contributed by atoms with Crippen LogP contribution in [0.3, 0.4) is 0 Å². The van der Waals surface area contributed by atoms with Crippen molar-refractivity contribution >= 4 is 11.7 Å². The van der Waals surface area contributed by atoms with Crippen molar-refractivity contribution in [3.63, 3.8) is 0 Å². The predicted octanol–water partition coefficient (Wildman–Crippen LogP) is 1.58. The minimum Gasteiger partial charge on any atom is -0.409 e. The highest BCUT2D eigenvalue weighted by molar-refractivity contribution is 5.44. The van der Waals surface area contributed by atoms with E-state index >= 15 is 0 Å². The van der Waals surface area contributed by atoms with Crippen LogP contribution in [0, 0.1) is 0 Å². The Hall–Kier alpha value is -2.87. The summed E-state index contributed by atoms with van der Waals surface area (Å²) in [6.07, 6.45) is 4.08. The second kappa shape index (κ2) is 7.27. The van der Waals surface area contributed by atoms with Gasteiger partial charge in [-0.25, -0.2) is 0 Å². The van der Waals surface area contributed by atoms with Crippen LogP contribution in [-0.4, -0.2) is 50.7 Å². The van der Waals surface area contributed by atoms with Crippen molar-refractivity contribution in [1.29, 1.82) is 0 Å². The molecule has 3 heterocycles. The van der Waals surface area contributed by atoms with Crippen LogP contribution in [0.25, 0.3) is 5.78 Å². The van der Waals surface area contributed by atoms with E-state index in [4.69, 9.17) is 14.8 Å². The molecular weight excluding hydrogens is 356 g/mol. The monoisotopic (exact) mass is 380 g/mol. The molecule has 1 aliphatic heterocycles. The minimum absolute atomic E-state index is 0.515. The van der Waals surface area contributed by atoms with Gasteiger partial charge in [-0.05, 0) is 31.2 Å². The number of rotatable bonds is 3. The van der Waals surface area contributed by atoms with Crippen molar-refractivity contribution in [3.8, 4) is 0 Å². The molecular formula is C20H24N6O2. The number of ether oxygens (including phenoxy) is 1. The number of aromatic nitrogens is 4. The molecule has 5 rings (SSSR count). The fourth-order valence-electron chi connectivity index (χ4n) is 4.22. The summed E-state index contributed by atoms with van der Waals surface area (Å²) in [5, 5.41) is 18.1. The average molecular weight is 380 g/mol. The van der Waals surface area contributed by atoms with Crippen molar-refractivity contribution in [2.45, 2.75) is 32.2 Å². The number of nitrogens with zero attached hydrogens (tertiary/aromatic N) is 6. The van der Waals surface area contributed by atoms with Gasteiger partial charge in [0.15, 0.2) is 0 Å². The molecule has 0 saturated carbocycles. The van der Waals surface area contributed by atoms with Crippen LogP contribution in [-0.2, 0) is 24.1 Å². The number of hydrogen-bond donors (Lipinski definition) is 1. The number of anilines is 1. The van der Waals surface area contributed by atoms with Crippen molar-refractivity contribution in [3.05, 3.63) is 52.6 Å². The van der Waals surface area contributed by atoms with Crippen molar-refractivity contribution < 1.29 is 9.94 Å². The first-order chi connectivity index (χ1) is 13.8. The van der Waals surface area contributed by atoms with Crippen LogP contribution in [0.5, 0.6) is 0 Å². The molecule has 0 atom stereocenters. The van der Waals surface area contributed by atoms with Crippen molar-refractivity contribution in [1.82, 2.24) is 19.2 Å². The van der Waals surface area contributed by atoms with Gasteiger partial charge in [-0.1, -0.05) is 35.5 Å². The second-order valence-corrected chi connectivity index (χ2v) is 7.35. The fraction of sp³-hybridized carbons (Fsp3) is 0.450. The van der Waals surface area contributed by atoms with Gasteiger partial charge in [0, 0.05) is 24.3 Å². The molecule has 0 amide bonds. The summed E-state index contributed by atoms with van der Waals surface area (Å²) in [5.41, 5.74) is 4.01.